The Hall–Kier alpha value is -3.17. The van der Waals surface area contributed by atoms with Gasteiger partial charge in [-0.1, -0.05) is 18.2 Å². The Bertz CT molecular complexity index is 1210. The maximum Gasteiger partial charge on any atom is 0.312 e. The Labute approximate surface area is 187 Å². The fourth-order valence-corrected chi connectivity index (χ4v) is 4.49. The monoisotopic (exact) mass is 457 g/mol. The van der Waals surface area contributed by atoms with Crippen LogP contribution in [0, 0.1) is 0 Å². The molecule has 0 fully saturated rings. The number of fused-ring (bicyclic) bond motifs is 1. The van der Waals surface area contributed by atoms with Gasteiger partial charge < -0.3 is 15.0 Å². The Morgan fingerprint density at radius 2 is 1.75 bits per heavy atom. The van der Waals surface area contributed by atoms with Gasteiger partial charge in [0.05, 0.1) is 17.4 Å². The zero-order chi connectivity index (χ0) is 23.3. The van der Waals surface area contributed by atoms with Crippen molar-refractivity contribution in [1.29, 1.82) is 0 Å². The van der Waals surface area contributed by atoms with Crippen LogP contribution in [0.25, 0.3) is 10.9 Å². The van der Waals surface area contributed by atoms with E-state index in [1.54, 1.807) is 13.8 Å². The lowest BCUT2D eigenvalue weighted by molar-refractivity contribution is -0.146. The molecule has 0 unspecified atom stereocenters. The molecule has 32 heavy (non-hydrogen) atoms. The first kappa shape index (κ1) is 23.5. The van der Waals surface area contributed by atoms with Gasteiger partial charge in [0.1, 0.15) is 0 Å². The number of hydrogen-bond donors (Lipinski definition) is 3. The van der Waals surface area contributed by atoms with Gasteiger partial charge in [0.25, 0.3) is 0 Å². The minimum absolute atomic E-state index is 0.0829. The molecule has 0 aliphatic carbocycles. The van der Waals surface area contributed by atoms with E-state index >= 15 is 0 Å². The van der Waals surface area contributed by atoms with Crippen molar-refractivity contribution in [3.63, 3.8) is 0 Å². The SMILES string of the molecule is CC(=O)Nc1ccc(S(=O)(=O)NCCc2c(CC(=O)OC(C)C)[nH]c3ccccc23)cc1. The molecule has 170 valence electrons. The molecule has 3 N–H and O–H groups in total. The second-order valence-electron chi connectivity index (χ2n) is 7.70. The molecular weight excluding hydrogens is 430 g/mol. The Balaban J connectivity index is 1.73. The summed E-state index contributed by atoms with van der Waals surface area (Å²) in [5.41, 5.74) is 3.00. The van der Waals surface area contributed by atoms with E-state index in [1.807, 2.05) is 24.3 Å². The predicted molar refractivity (Wildman–Crippen MR) is 123 cm³/mol. The highest BCUT2D eigenvalue weighted by molar-refractivity contribution is 7.89. The summed E-state index contributed by atoms with van der Waals surface area (Å²) in [6.45, 7) is 5.13. The van der Waals surface area contributed by atoms with Crippen molar-refractivity contribution >= 4 is 38.5 Å². The van der Waals surface area contributed by atoms with Crippen LogP contribution in [0.4, 0.5) is 5.69 Å². The van der Waals surface area contributed by atoms with Crippen molar-refractivity contribution in [1.82, 2.24) is 9.71 Å². The van der Waals surface area contributed by atoms with Crippen molar-refractivity contribution in [2.24, 2.45) is 0 Å². The molecule has 1 aromatic heterocycles. The number of carbonyl (C=O) groups is 2. The quantitative estimate of drug-likeness (QED) is 0.427. The van der Waals surface area contributed by atoms with E-state index in [2.05, 4.69) is 15.0 Å². The maximum atomic E-state index is 12.7. The minimum atomic E-state index is -3.73. The molecule has 0 spiro atoms. The van der Waals surface area contributed by atoms with Gasteiger partial charge in [0.15, 0.2) is 0 Å². The Kier molecular flexibility index (Phi) is 7.32. The van der Waals surface area contributed by atoms with Crippen molar-refractivity contribution in [2.45, 2.75) is 44.6 Å². The third-order valence-electron chi connectivity index (χ3n) is 4.74. The number of nitrogens with one attached hydrogen (secondary N) is 3. The molecule has 0 aliphatic heterocycles. The van der Waals surface area contributed by atoms with E-state index in [0.29, 0.717) is 12.1 Å². The van der Waals surface area contributed by atoms with Gasteiger partial charge in [-0.3, -0.25) is 9.59 Å². The van der Waals surface area contributed by atoms with Crippen LogP contribution in [0.2, 0.25) is 0 Å². The number of hydrogen-bond acceptors (Lipinski definition) is 5. The molecule has 3 aromatic rings. The average molecular weight is 458 g/mol. The number of benzene rings is 2. The number of anilines is 1. The lowest BCUT2D eigenvalue weighted by atomic mass is 10.1. The molecule has 1 heterocycles. The number of rotatable bonds is 9. The molecular formula is C23H27N3O5S. The van der Waals surface area contributed by atoms with E-state index in [-0.39, 0.29) is 35.8 Å². The van der Waals surface area contributed by atoms with E-state index in [9.17, 15) is 18.0 Å². The van der Waals surface area contributed by atoms with Crippen LogP contribution in [0.1, 0.15) is 32.0 Å². The van der Waals surface area contributed by atoms with Gasteiger partial charge in [-0.25, -0.2) is 13.1 Å². The molecule has 0 atom stereocenters. The number of esters is 1. The van der Waals surface area contributed by atoms with Crippen molar-refractivity contribution in [2.75, 3.05) is 11.9 Å². The Morgan fingerprint density at radius 1 is 1.06 bits per heavy atom. The summed E-state index contributed by atoms with van der Waals surface area (Å²) in [5, 5.41) is 3.54. The standard InChI is InChI=1S/C23H27N3O5S/c1-15(2)31-23(28)14-22-20(19-6-4-5-7-21(19)26-22)12-13-24-32(29,30)18-10-8-17(9-11-18)25-16(3)27/h4-11,15,24,26H,12-14H2,1-3H3,(H,25,27). The highest BCUT2D eigenvalue weighted by atomic mass is 32.2. The van der Waals surface area contributed by atoms with Crippen molar-refractivity contribution in [3.05, 3.63) is 59.8 Å². The summed E-state index contributed by atoms with van der Waals surface area (Å²) < 4.78 is 33.2. The van der Waals surface area contributed by atoms with Gasteiger partial charge in [0.2, 0.25) is 15.9 Å². The molecule has 1 amide bonds. The number of amides is 1. The first-order chi connectivity index (χ1) is 15.2. The van der Waals surface area contributed by atoms with E-state index in [0.717, 1.165) is 22.2 Å². The molecule has 0 saturated heterocycles. The summed E-state index contributed by atoms with van der Waals surface area (Å²) in [4.78, 5) is 26.7. The normalized spacial score (nSPS) is 11.6. The number of sulfonamides is 1. The second kappa shape index (κ2) is 9.97. The summed E-state index contributed by atoms with van der Waals surface area (Å²) in [5.74, 6) is -0.571. The van der Waals surface area contributed by atoms with Crippen LogP contribution in [0.3, 0.4) is 0 Å². The molecule has 0 radical (unpaired) electrons. The molecule has 9 heteroatoms. The summed E-state index contributed by atoms with van der Waals surface area (Å²) in [6, 6.07) is 13.6. The number of ether oxygens (including phenoxy) is 1. The molecule has 0 saturated carbocycles. The highest BCUT2D eigenvalue weighted by Crippen LogP contribution is 2.24. The van der Waals surface area contributed by atoms with Crippen LogP contribution < -0.4 is 10.0 Å². The number of para-hydroxylation sites is 1. The van der Waals surface area contributed by atoms with Crippen LogP contribution in [0.5, 0.6) is 0 Å². The lowest BCUT2D eigenvalue weighted by Gasteiger charge is -2.10. The van der Waals surface area contributed by atoms with Gasteiger partial charge >= 0.3 is 5.97 Å². The lowest BCUT2D eigenvalue weighted by Crippen LogP contribution is -2.26. The summed E-state index contributed by atoms with van der Waals surface area (Å²) in [6.07, 6.45) is 0.274. The average Bonchev–Trinajstić information content (AvgIpc) is 3.04. The number of H-pyrrole nitrogens is 1. The van der Waals surface area contributed by atoms with Crippen LogP contribution in [-0.4, -0.2) is 37.9 Å². The fraction of sp³-hybridized carbons (Fsp3) is 0.304. The zero-order valence-corrected chi connectivity index (χ0v) is 19.1. The first-order valence-electron chi connectivity index (χ1n) is 10.3. The van der Waals surface area contributed by atoms with Crippen LogP contribution in [0.15, 0.2) is 53.4 Å². The third-order valence-corrected chi connectivity index (χ3v) is 6.22. The van der Waals surface area contributed by atoms with Crippen LogP contribution in [-0.2, 0) is 37.2 Å². The van der Waals surface area contributed by atoms with E-state index in [1.165, 1.54) is 31.2 Å². The topological polar surface area (TPSA) is 117 Å². The van der Waals surface area contributed by atoms with E-state index < -0.39 is 10.0 Å². The van der Waals surface area contributed by atoms with Crippen LogP contribution >= 0.6 is 0 Å². The van der Waals surface area contributed by atoms with E-state index in [4.69, 9.17) is 4.74 Å². The van der Waals surface area contributed by atoms with Gasteiger partial charge in [-0.15, -0.1) is 0 Å². The predicted octanol–water partition coefficient (Wildman–Crippen LogP) is 3.14. The third kappa shape index (κ3) is 5.95. The molecule has 0 bridgehead atoms. The maximum absolute atomic E-state index is 12.7. The largest absolute Gasteiger partial charge is 0.463 e. The smallest absolute Gasteiger partial charge is 0.312 e. The van der Waals surface area contributed by atoms with Gasteiger partial charge in [-0.2, -0.15) is 0 Å². The summed E-state index contributed by atoms with van der Waals surface area (Å²) in [7, 11) is -3.73. The van der Waals surface area contributed by atoms with Gasteiger partial charge in [-0.05, 0) is 56.2 Å². The number of carbonyl (C=O) groups excluding carboxylic acids is 2. The molecule has 0 aliphatic rings. The molecule has 3 rings (SSSR count). The zero-order valence-electron chi connectivity index (χ0n) is 18.3. The fourth-order valence-electron chi connectivity index (χ4n) is 3.46. The van der Waals surface area contributed by atoms with Crippen molar-refractivity contribution < 1.29 is 22.7 Å². The van der Waals surface area contributed by atoms with Crippen molar-refractivity contribution in [3.8, 4) is 0 Å². The number of aromatic amines is 1. The summed E-state index contributed by atoms with van der Waals surface area (Å²) >= 11 is 0. The second-order valence-corrected chi connectivity index (χ2v) is 9.46. The highest BCUT2D eigenvalue weighted by Gasteiger charge is 2.18. The van der Waals surface area contributed by atoms with Gasteiger partial charge in [0, 0.05) is 35.8 Å². The molecule has 2 aromatic carbocycles. The molecule has 8 nitrogen and oxygen atoms in total. The number of aromatic nitrogens is 1. The Morgan fingerprint density at radius 3 is 2.41 bits per heavy atom. The first-order valence-corrected chi connectivity index (χ1v) is 11.8. The minimum Gasteiger partial charge on any atom is -0.463 e.